The van der Waals surface area contributed by atoms with Crippen LogP contribution in [0.1, 0.15) is 5.56 Å². The molecule has 1 aromatic carbocycles. The van der Waals surface area contributed by atoms with Gasteiger partial charge in [-0.15, -0.1) is 0 Å². The summed E-state index contributed by atoms with van der Waals surface area (Å²) in [6.45, 7) is -1.08. The van der Waals surface area contributed by atoms with Crippen LogP contribution in [0.5, 0.6) is 5.75 Å². The van der Waals surface area contributed by atoms with Crippen LogP contribution >= 0.6 is 0 Å². The number of hydrogen-bond donors (Lipinski definition) is 2. The van der Waals surface area contributed by atoms with Crippen molar-refractivity contribution in [3.05, 3.63) is 29.8 Å². The Morgan fingerprint density at radius 3 is 2.95 bits per heavy atom. The molecule has 2 N–H and O–H groups in total. The highest BCUT2D eigenvalue weighted by Gasteiger charge is 2.28. The van der Waals surface area contributed by atoms with Gasteiger partial charge in [-0.25, -0.2) is 0 Å². The van der Waals surface area contributed by atoms with Gasteiger partial charge in [-0.2, -0.15) is 8.78 Å². The molecule has 110 valence electrons. The Labute approximate surface area is 115 Å². The molecule has 1 heterocycles. The summed E-state index contributed by atoms with van der Waals surface area (Å²) in [7, 11) is 0. The number of carbonyl (C=O) groups is 1. The number of nitrogens with zero attached hydrogens (tertiary/aromatic N) is 1. The Morgan fingerprint density at radius 1 is 1.50 bits per heavy atom. The van der Waals surface area contributed by atoms with Crippen LogP contribution in [0.15, 0.2) is 24.3 Å². The lowest BCUT2D eigenvalue weighted by atomic mass is 10.1. The van der Waals surface area contributed by atoms with Crippen molar-refractivity contribution < 1.29 is 23.4 Å². The Bertz CT molecular complexity index is 471. The van der Waals surface area contributed by atoms with Gasteiger partial charge in [0.05, 0.1) is 0 Å². The van der Waals surface area contributed by atoms with E-state index in [4.69, 9.17) is 5.11 Å². The van der Waals surface area contributed by atoms with Gasteiger partial charge in [0.15, 0.2) is 0 Å². The van der Waals surface area contributed by atoms with E-state index >= 15 is 0 Å². The SMILES string of the molecule is O=C(O)C1CNCCN1Cc1ccccc1OC(F)F. The Balaban J connectivity index is 2.13. The van der Waals surface area contributed by atoms with Gasteiger partial charge in [-0.05, 0) is 6.07 Å². The van der Waals surface area contributed by atoms with Crippen LogP contribution < -0.4 is 10.1 Å². The number of carboxylic acids is 1. The summed E-state index contributed by atoms with van der Waals surface area (Å²) < 4.78 is 29.1. The molecule has 1 aliphatic rings. The summed E-state index contributed by atoms with van der Waals surface area (Å²) in [6, 6.07) is 5.78. The fraction of sp³-hybridized carbons (Fsp3) is 0.462. The van der Waals surface area contributed by atoms with E-state index < -0.39 is 18.6 Å². The number of halogens is 2. The predicted molar refractivity (Wildman–Crippen MR) is 67.8 cm³/mol. The van der Waals surface area contributed by atoms with E-state index in [2.05, 4.69) is 10.1 Å². The zero-order valence-electron chi connectivity index (χ0n) is 10.8. The summed E-state index contributed by atoms with van der Waals surface area (Å²) >= 11 is 0. The lowest BCUT2D eigenvalue weighted by Crippen LogP contribution is -2.54. The molecule has 7 heteroatoms. The normalized spacial score (nSPS) is 20.1. The lowest BCUT2D eigenvalue weighted by molar-refractivity contribution is -0.144. The molecule has 0 aliphatic carbocycles. The molecule has 0 radical (unpaired) electrons. The molecule has 0 bridgehead atoms. The maximum Gasteiger partial charge on any atom is 0.387 e. The molecule has 0 saturated carbocycles. The van der Waals surface area contributed by atoms with Crippen LogP contribution in [0.3, 0.4) is 0 Å². The van der Waals surface area contributed by atoms with Gasteiger partial charge in [0.1, 0.15) is 11.8 Å². The van der Waals surface area contributed by atoms with E-state index in [9.17, 15) is 13.6 Å². The van der Waals surface area contributed by atoms with Crippen molar-refractivity contribution in [2.75, 3.05) is 19.6 Å². The average Bonchev–Trinajstić information content (AvgIpc) is 2.41. The maximum atomic E-state index is 12.3. The van der Waals surface area contributed by atoms with Crippen molar-refractivity contribution in [2.45, 2.75) is 19.2 Å². The molecule has 2 rings (SSSR count). The average molecular weight is 286 g/mol. The van der Waals surface area contributed by atoms with Gasteiger partial charge in [0.2, 0.25) is 0 Å². The number of rotatable bonds is 5. The molecule has 0 amide bonds. The van der Waals surface area contributed by atoms with E-state index in [-0.39, 0.29) is 12.3 Å². The minimum atomic E-state index is -2.89. The monoisotopic (exact) mass is 286 g/mol. The fourth-order valence-electron chi connectivity index (χ4n) is 2.24. The smallest absolute Gasteiger partial charge is 0.387 e. The van der Waals surface area contributed by atoms with E-state index in [0.29, 0.717) is 25.2 Å². The minimum Gasteiger partial charge on any atom is -0.480 e. The number of aliphatic carboxylic acids is 1. The van der Waals surface area contributed by atoms with E-state index in [0.717, 1.165) is 0 Å². The number of piperazine rings is 1. The highest BCUT2D eigenvalue weighted by atomic mass is 19.3. The third kappa shape index (κ3) is 3.64. The summed E-state index contributed by atoms with van der Waals surface area (Å²) in [4.78, 5) is 12.9. The topological polar surface area (TPSA) is 61.8 Å². The minimum absolute atomic E-state index is 0.0881. The lowest BCUT2D eigenvalue weighted by Gasteiger charge is -2.33. The molecule has 1 saturated heterocycles. The second-order valence-electron chi connectivity index (χ2n) is 4.51. The zero-order valence-corrected chi connectivity index (χ0v) is 10.8. The second-order valence-corrected chi connectivity index (χ2v) is 4.51. The first-order chi connectivity index (χ1) is 9.58. The van der Waals surface area contributed by atoms with Gasteiger partial charge in [0, 0.05) is 31.7 Å². The van der Waals surface area contributed by atoms with Crippen LogP contribution in [0.4, 0.5) is 8.78 Å². The van der Waals surface area contributed by atoms with Crippen molar-refractivity contribution >= 4 is 5.97 Å². The summed E-state index contributed by atoms with van der Waals surface area (Å²) in [5, 5.41) is 12.2. The first-order valence-corrected chi connectivity index (χ1v) is 6.28. The van der Waals surface area contributed by atoms with Gasteiger partial charge in [-0.3, -0.25) is 9.69 Å². The van der Waals surface area contributed by atoms with E-state index in [1.165, 1.54) is 6.07 Å². The van der Waals surface area contributed by atoms with Crippen LogP contribution in [0.25, 0.3) is 0 Å². The third-order valence-corrected chi connectivity index (χ3v) is 3.20. The molecule has 20 heavy (non-hydrogen) atoms. The standard InChI is InChI=1S/C13H16F2N2O3/c14-13(15)20-11-4-2-1-3-9(11)8-17-6-5-16-7-10(17)12(18)19/h1-4,10,13,16H,5-8H2,(H,18,19). The maximum absolute atomic E-state index is 12.3. The predicted octanol–water partition coefficient (Wildman–Crippen LogP) is 1.15. The number of ether oxygens (including phenoxy) is 1. The van der Waals surface area contributed by atoms with Crippen molar-refractivity contribution in [3.63, 3.8) is 0 Å². The molecule has 0 spiro atoms. The van der Waals surface area contributed by atoms with E-state index in [1.807, 2.05) is 0 Å². The Morgan fingerprint density at radius 2 is 2.25 bits per heavy atom. The summed E-state index contributed by atoms with van der Waals surface area (Å²) in [5.74, 6) is -0.838. The third-order valence-electron chi connectivity index (χ3n) is 3.20. The quantitative estimate of drug-likeness (QED) is 0.850. The molecule has 1 unspecified atom stereocenters. The Kier molecular flexibility index (Phi) is 4.86. The number of para-hydroxylation sites is 1. The number of nitrogens with one attached hydrogen (secondary N) is 1. The van der Waals surface area contributed by atoms with Crippen LogP contribution in [-0.4, -0.2) is 48.3 Å². The molecule has 1 aromatic rings. The summed E-state index contributed by atoms with van der Waals surface area (Å²) in [5.41, 5.74) is 0.556. The molecule has 1 fully saturated rings. The first kappa shape index (κ1) is 14.7. The number of alkyl halides is 2. The van der Waals surface area contributed by atoms with Gasteiger partial charge in [-0.1, -0.05) is 18.2 Å². The number of benzene rings is 1. The van der Waals surface area contributed by atoms with Gasteiger partial charge >= 0.3 is 12.6 Å². The molecule has 1 atom stereocenters. The molecular formula is C13H16F2N2O3. The number of hydrogen-bond acceptors (Lipinski definition) is 4. The summed E-state index contributed by atoms with van der Waals surface area (Å²) in [6.07, 6.45) is 0. The van der Waals surface area contributed by atoms with Crippen LogP contribution in [-0.2, 0) is 11.3 Å². The Hall–Kier alpha value is -1.73. The molecular weight excluding hydrogens is 270 g/mol. The molecule has 5 nitrogen and oxygen atoms in total. The zero-order chi connectivity index (χ0) is 14.5. The van der Waals surface area contributed by atoms with Gasteiger partial charge in [0.25, 0.3) is 0 Å². The van der Waals surface area contributed by atoms with Gasteiger partial charge < -0.3 is 15.2 Å². The molecule has 1 aliphatic heterocycles. The molecule has 0 aromatic heterocycles. The largest absolute Gasteiger partial charge is 0.480 e. The number of carboxylic acid groups (broad SMARTS) is 1. The van der Waals surface area contributed by atoms with Crippen LogP contribution in [0.2, 0.25) is 0 Å². The van der Waals surface area contributed by atoms with Crippen LogP contribution in [0, 0.1) is 0 Å². The fourth-order valence-corrected chi connectivity index (χ4v) is 2.24. The van der Waals surface area contributed by atoms with Crippen molar-refractivity contribution in [2.24, 2.45) is 0 Å². The highest BCUT2D eigenvalue weighted by molar-refractivity contribution is 5.74. The second kappa shape index (κ2) is 6.62. The first-order valence-electron chi connectivity index (χ1n) is 6.28. The van der Waals surface area contributed by atoms with E-state index in [1.54, 1.807) is 23.1 Å². The highest BCUT2D eigenvalue weighted by Crippen LogP contribution is 2.23. The van der Waals surface area contributed by atoms with Crippen molar-refractivity contribution in [3.8, 4) is 5.75 Å². The van der Waals surface area contributed by atoms with Crippen molar-refractivity contribution in [1.29, 1.82) is 0 Å². The van der Waals surface area contributed by atoms with Crippen molar-refractivity contribution in [1.82, 2.24) is 10.2 Å².